The summed E-state index contributed by atoms with van der Waals surface area (Å²) in [6.07, 6.45) is 1.26. The molecule has 0 aliphatic carbocycles. The Balaban J connectivity index is 2.37. The van der Waals surface area contributed by atoms with Gasteiger partial charge in [-0.05, 0) is 17.7 Å². The van der Waals surface area contributed by atoms with Gasteiger partial charge in [0, 0.05) is 30.0 Å². The van der Waals surface area contributed by atoms with Gasteiger partial charge in [-0.15, -0.1) is 6.58 Å². The fourth-order valence-electron chi connectivity index (χ4n) is 2.42. The lowest BCUT2D eigenvalue weighted by Crippen LogP contribution is -2.26. The van der Waals surface area contributed by atoms with Gasteiger partial charge >= 0.3 is 5.97 Å². The first-order chi connectivity index (χ1) is 12.3. The molecule has 9 heteroatoms. The highest BCUT2D eigenvalue weighted by Gasteiger charge is 2.27. The number of nitrogens with zero attached hydrogens (tertiary/aromatic N) is 2. The zero-order valence-corrected chi connectivity index (χ0v) is 13.4. The Labute approximate surface area is 147 Å². The number of anilines is 1. The molecule has 0 heterocycles. The molecule has 2 aromatic carbocycles. The fraction of sp³-hybridized carbons (Fsp3) is 0.118. The lowest BCUT2D eigenvalue weighted by atomic mass is 9.92. The fourth-order valence-corrected chi connectivity index (χ4v) is 2.42. The SMILES string of the molecule is C=C[C@@H](C(=O)O)[C@@H](Nc1ccc([N+](=O)[O-])cc1)c1ccc([N+](=O)[O-])cc1. The van der Waals surface area contributed by atoms with E-state index < -0.39 is 27.8 Å². The van der Waals surface area contributed by atoms with E-state index in [1.165, 1.54) is 54.6 Å². The monoisotopic (exact) mass is 357 g/mol. The van der Waals surface area contributed by atoms with E-state index >= 15 is 0 Å². The maximum Gasteiger partial charge on any atom is 0.312 e. The maximum absolute atomic E-state index is 11.5. The first kappa shape index (κ1) is 18.6. The standard InChI is InChI=1S/C17H15N3O6/c1-2-15(17(21)22)16(11-3-7-13(8-4-11)19(23)24)18-12-5-9-14(10-6-12)20(25)26/h2-10,15-16,18H,1H2,(H,21,22)/t15-,16+/m1/s1. The summed E-state index contributed by atoms with van der Waals surface area (Å²) in [7, 11) is 0. The van der Waals surface area contributed by atoms with Crippen LogP contribution in [0.5, 0.6) is 0 Å². The topological polar surface area (TPSA) is 136 Å². The second kappa shape index (κ2) is 7.88. The smallest absolute Gasteiger partial charge is 0.312 e. The molecule has 0 bridgehead atoms. The number of nitrogens with one attached hydrogen (secondary N) is 1. The lowest BCUT2D eigenvalue weighted by Gasteiger charge is -2.24. The molecule has 2 N–H and O–H groups in total. The van der Waals surface area contributed by atoms with Crippen molar-refractivity contribution in [2.24, 2.45) is 5.92 Å². The molecule has 2 atom stereocenters. The Morgan fingerprint density at radius 3 is 1.85 bits per heavy atom. The van der Waals surface area contributed by atoms with Crippen molar-refractivity contribution in [3.8, 4) is 0 Å². The van der Waals surface area contributed by atoms with Crippen molar-refractivity contribution >= 4 is 23.0 Å². The highest BCUT2D eigenvalue weighted by Crippen LogP contribution is 2.30. The molecule has 134 valence electrons. The zero-order chi connectivity index (χ0) is 19.3. The van der Waals surface area contributed by atoms with Gasteiger partial charge in [0.05, 0.1) is 21.8 Å². The average molecular weight is 357 g/mol. The van der Waals surface area contributed by atoms with Gasteiger partial charge in [-0.2, -0.15) is 0 Å². The van der Waals surface area contributed by atoms with Crippen LogP contribution in [0.2, 0.25) is 0 Å². The number of carbonyl (C=O) groups is 1. The van der Waals surface area contributed by atoms with Crippen LogP contribution < -0.4 is 5.32 Å². The predicted octanol–water partition coefficient (Wildman–Crippen LogP) is 3.54. The van der Waals surface area contributed by atoms with Gasteiger partial charge < -0.3 is 10.4 Å². The van der Waals surface area contributed by atoms with E-state index in [9.17, 15) is 30.1 Å². The summed E-state index contributed by atoms with van der Waals surface area (Å²) in [5.74, 6) is -2.15. The molecular formula is C17H15N3O6. The number of rotatable bonds is 8. The Kier molecular flexibility index (Phi) is 5.63. The minimum absolute atomic E-state index is 0.0964. The normalized spacial score (nSPS) is 12.6. The number of benzene rings is 2. The largest absolute Gasteiger partial charge is 0.481 e. The highest BCUT2D eigenvalue weighted by atomic mass is 16.6. The minimum Gasteiger partial charge on any atom is -0.481 e. The molecule has 0 unspecified atom stereocenters. The van der Waals surface area contributed by atoms with E-state index in [1.54, 1.807) is 0 Å². The molecule has 0 fully saturated rings. The van der Waals surface area contributed by atoms with E-state index in [4.69, 9.17) is 0 Å². The van der Waals surface area contributed by atoms with Crippen LogP contribution in [0.1, 0.15) is 11.6 Å². The number of nitro groups is 2. The Morgan fingerprint density at radius 1 is 1.00 bits per heavy atom. The van der Waals surface area contributed by atoms with Crippen molar-refractivity contribution in [1.29, 1.82) is 0 Å². The van der Waals surface area contributed by atoms with Crippen molar-refractivity contribution in [2.45, 2.75) is 6.04 Å². The van der Waals surface area contributed by atoms with E-state index in [2.05, 4.69) is 11.9 Å². The first-order valence-electron chi connectivity index (χ1n) is 7.44. The second-order valence-corrected chi connectivity index (χ2v) is 5.37. The van der Waals surface area contributed by atoms with Gasteiger partial charge in [0.15, 0.2) is 0 Å². The molecule has 0 radical (unpaired) electrons. The molecule has 0 amide bonds. The van der Waals surface area contributed by atoms with Crippen LogP contribution in [0.15, 0.2) is 61.2 Å². The van der Waals surface area contributed by atoms with Gasteiger partial charge in [-0.25, -0.2) is 0 Å². The Hall–Kier alpha value is -3.75. The van der Waals surface area contributed by atoms with Gasteiger partial charge in [0.2, 0.25) is 0 Å². The highest BCUT2D eigenvalue weighted by molar-refractivity contribution is 5.74. The second-order valence-electron chi connectivity index (χ2n) is 5.37. The summed E-state index contributed by atoms with van der Waals surface area (Å²) >= 11 is 0. The van der Waals surface area contributed by atoms with Gasteiger partial charge in [0.1, 0.15) is 0 Å². The van der Waals surface area contributed by atoms with Crippen LogP contribution in [0.3, 0.4) is 0 Å². The number of aliphatic carboxylic acids is 1. The molecule has 0 saturated carbocycles. The molecule has 2 rings (SSSR count). The van der Waals surface area contributed by atoms with Crippen molar-refractivity contribution in [1.82, 2.24) is 0 Å². The summed E-state index contributed by atoms with van der Waals surface area (Å²) in [5.41, 5.74) is 0.752. The van der Waals surface area contributed by atoms with E-state index in [1.807, 2.05) is 0 Å². The van der Waals surface area contributed by atoms with Gasteiger partial charge in [-0.1, -0.05) is 18.2 Å². The summed E-state index contributed by atoms with van der Waals surface area (Å²) < 4.78 is 0. The third-order valence-corrected chi connectivity index (χ3v) is 3.76. The van der Waals surface area contributed by atoms with Crippen molar-refractivity contribution in [3.05, 3.63) is 87.0 Å². The number of nitro benzene ring substituents is 2. The number of carboxylic acids is 1. The molecular weight excluding hydrogens is 342 g/mol. The quantitative estimate of drug-likeness (QED) is 0.419. The number of non-ortho nitro benzene ring substituents is 2. The average Bonchev–Trinajstić information content (AvgIpc) is 2.61. The van der Waals surface area contributed by atoms with Crippen molar-refractivity contribution in [2.75, 3.05) is 5.32 Å². The number of hydrogen-bond acceptors (Lipinski definition) is 6. The summed E-state index contributed by atoms with van der Waals surface area (Å²) in [6.45, 7) is 3.54. The number of hydrogen-bond donors (Lipinski definition) is 2. The van der Waals surface area contributed by atoms with Crippen molar-refractivity contribution < 1.29 is 19.7 Å². The summed E-state index contributed by atoms with van der Waals surface area (Å²) in [5, 5.41) is 33.9. The van der Waals surface area contributed by atoms with Crippen molar-refractivity contribution in [3.63, 3.8) is 0 Å². The maximum atomic E-state index is 11.5. The summed E-state index contributed by atoms with van der Waals surface area (Å²) in [6, 6.07) is 10.2. The van der Waals surface area contributed by atoms with Gasteiger partial charge in [0.25, 0.3) is 11.4 Å². The molecule has 26 heavy (non-hydrogen) atoms. The summed E-state index contributed by atoms with van der Waals surface area (Å²) in [4.78, 5) is 32.0. The molecule has 9 nitrogen and oxygen atoms in total. The van der Waals surface area contributed by atoms with Crippen LogP contribution in [0, 0.1) is 26.1 Å². The Morgan fingerprint density at radius 2 is 1.46 bits per heavy atom. The van der Waals surface area contributed by atoms with Gasteiger partial charge in [-0.3, -0.25) is 25.0 Å². The Bertz CT molecular complexity index is 833. The first-order valence-corrected chi connectivity index (χ1v) is 7.44. The van der Waals surface area contributed by atoms with Crippen LogP contribution >= 0.6 is 0 Å². The molecule has 0 aliphatic heterocycles. The zero-order valence-electron chi connectivity index (χ0n) is 13.4. The van der Waals surface area contributed by atoms with Crippen LogP contribution in [-0.2, 0) is 4.79 Å². The third kappa shape index (κ3) is 4.20. The van der Waals surface area contributed by atoms with Crippen LogP contribution in [-0.4, -0.2) is 20.9 Å². The van der Waals surface area contributed by atoms with E-state index in [0.29, 0.717) is 11.3 Å². The number of carboxylic acid groups (broad SMARTS) is 1. The van der Waals surface area contributed by atoms with Crippen LogP contribution in [0.25, 0.3) is 0 Å². The molecule has 0 aliphatic rings. The molecule has 0 aromatic heterocycles. The predicted molar refractivity (Wildman–Crippen MR) is 93.9 cm³/mol. The molecule has 0 saturated heterocycles. The van der Waals surface area contributed by atoms with E-state index in [0.717, 1.165) is 0 Å². The minimum atomic E-state index is -1.13. The molecule has 0 spiro atoms. The van der Waals surface area contributed by atoms with Crippen LogP contribution in [0.4, 0.5) is 17.1 Å². The third-order valence-electron chi connectivity index (χ3n) is 3.76. The van der Waals surface area contributed by atoms with E-state index in [-0.39, 0.29) is 11.4 Å². The lowest BCUT2D eigenvalue weighted by molar-refractivity contribution is -0.385. The molecule has 2 aromatic rings.